The molecule has 96 valence electrons. The lowest BCUT2D eigenvalue weighted by Crippen LogP contribution is -2.07. The zero-order chi connectivity index (χ0) is 13.2. The molecule has 0 unspecified atom stereocenters. The molecule has 0 saturated carbocycles. The molecular weight excluding hydrogens is 245 g/mol. The van der Waals surface area contributed by atoms with Gasteiger partial charge in [0, 0.05) is 22.0 Å². The predicted molar refractivity (Wildman–Crippen MR) is 76.7 cm³/mol. The number of nitrogens with one attached hydrogen (secondary N) is 1. The molecule has 0 amide bonds. The Labute approximate surface area is 112 Å². The van der Waals surface area contributed by atoms with Crippen molar-refractivity contribution in [3.8, 4) is 0 Å². The van der Waals surface area contributed by atoms with E-state index < -0.39 is 0 Å². The summed E-state index contributed by atoms with van der Waals surface area (Å²) in [5, 5.41) is 3.30. The summed E-state index contributed by atoms with van der Waals surface area (Å²) >= 11 is 1.83. The van der Waals surface area contributed by atoms with Gasteiger partial charge in [0.05, 0.1) is 0 Å². The van der Waals surface area contributed by atoms with Crippen LogP contribution >= 0.6 is 11.3 Å². The summed E-state index contributed by atoms with van der Waals surface area (Å²) in [5.41, 5.74) is 1.15. The average molecular weight is 263 g/mol. The van der Waals surface area contributed by atoms with Crippen molar-refractivity contribution in [1.29, 1.82) is 0 Å². The second-order valence-electron chi connectivity index (χ2n) is 5.38. The van der Waals surface area contributed by atoms with Crippen LogP contribution in [-0.4, -0.2) is 0 Å². The van der Waals surface area contributed by atoms with Gasteiger partial charge in [0.15, 0.2) is 0 Å². The number of rotatable bonds is 3. The second-order valence-corrected chi connectivity index (χ2v) is 6.54. The van der Waals surface area contributed by atoms with Gasteiger partial charge in [0.1, 0.15) is 5.82 Å². The van der Waals surface area contributed by atoms with Crippen molar-refractivity contribution in [3.63, 3.8) is 0 Å². The van der Waals surface area contributed by atoms with Crippen molar-refractivity contribution < 1.29 is 4.39 Å². The molecule has 1 heterocycles. The summed E-state index contributed by atoms with van der Waals surface area (Å²) in [6, 6.07) is 10.8. The molecule has 2 rings (SSSR count). The van der Waals surface area contributed by atoms with E-state index in [4.69, 9.17) is 0 Å². The van der Waals surface area contributed by atoms with E-state index in [-0.39, 0.29) is 11.2 Å². The zero-order valence-electron chi connectivity index (χ0n) is 11.0. The van der Waals surface area contributed by atoms with Gasteiger partial charge in [0.2, 0.25) is 0 Å². The molecule has 0 spiro atoms. The van der Waals surface area contributed by atoms with Crippen LogP contribution in [0.1, 0.15) is 30.5 Å². The van der Waals surface area contributed by atoms with Gasteiger partial charge < -0.3 is 5.32 Å². The highest BCUT2D eigenvalue weighted by Gasteiger charge is 2.15. The van der Waals surface area contributed by atoms with Crippen LogP contribution in [0.4, 0.5) is 10.1 Å². The lowest BCUT2D eigenvalue weighted by molar-refractivity contribution is 0.604. The molecule has 0 fully saturated rings. The second kappa shape index (κ2) is 5.11. The van der Waals surface area contributed by atoms with E-state index in [1.54, 1.807) is 12.1 Å². The Morgan fingerprint density at radius 3 is 2.28 bits per heavy atom. The Kier molecular flexibility index (Phi) is 3.71. The first-order valence-electron chi connectivity index (χ1n) is 6.04. The molecule has 18 heavy (non-hydrogen) atoms. The molecule has 1 N–H and O–H groups in total. The summed E-state index contributed by atoms with van der Waals surface area (Å²) in [5.74, 6) is -0.202. The highest BCUT2D eigenvalue weighted by atomic mass is 32.1. The van der Waals surface area contributed by atoms with E-state index in [9.17, 15) is 4.39 Å². The Morgan fingerprint density at radius 1 is 1.06 bits per heavy atom. The van der Waals surface area contributed by atoms with Crippen molar-refractivity contribution in [2.24, 2.45) is 0 Å². The highest BCUT2D eigenvalue weighted by Crippen LogP contribution is 2.29. The minimum atomic E-state index is -0.202. The van der Waals surface area contributed by atoms with Gasteiger partial charge in [-0.3, -0.25) is 0 Å². The van der Waals surface area contributed by atoms with Crippen molar-refractivity contribution in [2.45, 2.75) is 32.7 Å². The van der Waals surface area contributed by atoms with Crippen LogP contribution in [0, 0.1) is 5.82 Å². The molecule has 0 aliphatic carbocycles. The van der Waals surface area contributed by atoms with Gasteiger partial charge in [-0.1, -0.05) is 20.8 Å². The van der Waals surface area contributed by atoms with Gasteiger partial charge in [-0.2, -0.15) is 0 Å². The fraction of sp³-hybridized carbons (Fsp3) is 0.333. The number of hydrogen-bond acceptors (Lipinski definition) is 2. The van der Waals surface area contributed by atoms with Crippen LogP contribution in [0.5, 0.6) is 0 Å². The van der Waals surface area contributed by atoms with Crippen LogP contribution in [0.2, 0.25) is 0 Å². The van der Waals surface area contributed by atoms with Crippen LogP contribution < -0.4 is 5.32 Å². The summed E-state index contributed by atoms with van der Waals surface area (Å²) < 4.78 is 12.8. The van der Waals surface area contributed by atoms with E-state index in [2.05, 4.69) is 38.2 Å². The number of thiophene rings is 1. The van der Waals surface area contributed by atoms with Crippen molar-refractivity contribution >= 4 is 17.0 Å². The largest absolute Gasteiger partial charge is 0.380 e. The van der Waals surface area contributed by atoms with Crippen LogP contribution in [0.15, 0.2) is 36.4 Å². The lowest BCUT2D eigenvalue weighted by Gasteiger charge is -2.15. The fourth-order valence-electron chi connectivity index (χ4n) is 1.63. The minimum absolute atomic E-state index is 0.202. The molecular formula is C15H18FNS. The molecule has 1 nitrogen and oxygen atoms in total. The molecule has 0 radical (unpaired) electrons. The van der Waals surface area contributed by atoms with Crippen molar-refractivity contribution in [3.05, 3.63) is 52.0 Å². The van der Waals surface area contributed by atoms with Gasteiger partial charge in [-0.15, -0.1) is 11.3 Å². The molecule has 0 atom stereocenters. The summed E-state index contributed by atoms with van der Waals surface area (Å²) in [4.78, 5) is 2.68. The first-order valence-corrected chi connectivity index (χ1v) is 6.85. The van der Waals surface area contributed by atoms with Gasteiger partial charge >= 0.3 is 0 Å². The van der Waals surface area contributed by atoms with E-state index in [0.717, 1.165) is 12.2 Å². The SMILES string of the molecule is CC(C)(C)c1ccc(CNc2ccc(F)cc2)s1. The van der Waals surface area contributed by atoms with E-state index in [1.807, 2.05) is 11.3 Å². The standard InChI is InChI=1S/C15H18FNS/c1-15(2,3)14-9-8-13(18-14)10-17-12-6-4-11(16)5-7-12/h4-9,17H,10H2,1-3H3. The molecule has 1 aromatic heterocycles. The Balaban J connectivity index is 1.98. The topological polar surface area (TPSA) is 12.0 Å². The van der Waals surface area contributed by atoms with E-state index in [1.165, 1.54) is 21.9 Å². The molecule has 1 aromatic carbocycles. The highest BCUT2D eigenvalue weighted by molar-refractivity contribution is 7.12. The number of anilines is 1. The number of benzene rings is 1. The summed E-state index contributed by atoms with van der Waals surface area (Å²) in [7, 11) is 0. The molecule has 0 bridgehead atoms. The van der Waals surface area contributed by atoms with E-state index in [0.29, 0.717) is 0 Å². The first kappa shape index (κ1) is 13.1. The minimum Gasteiger partial charge on any atom is -0.380 e. The molecule has 2 aromatic rings. The van der Waals surface area contributed by atoms with Crippen molar-refractivity contribution in [1.82, 2.24) is 0 Å². The number of halogens is 1. The number of hydrogen-bond donors (Lipinski definition) is 1. The van der Waals surface area contributed by atoms with Crippen LogP contribution in [0.3, 0.4) is 0 Å². The normalized spacial score (nSPS) is 11.6. The van der Waals surface area contributed by atoms with Crippen molar-refractivity contribution in [2.75, 3.05) is 5.32 Å². The molecule has 0 saturated heterocycles. The Morgan fingerprint density at radius 2 is 1.72 bits per heavy atom. The van der Waals surface area contributed by atoms with Gasteiger partial charge in [-0.25, -0.2) is 4.39 Å². The first-order chi connectivity index (χ1) is 8.45. The molecule has 0 aliphatic rings. The maximum atomic E-state index is 12.8. The average Bonchev–Trinajstić information content (AvgIpc) is 2.77. The lowest BCUT2D eigenvalue weighted by atomic mass is 9.95. The fourth-order valence-corrected chi connectivity index (χ4v) is 2.64. The van der Waals surface area contributed by atoms with Crippen LogP contribution in [0.25, 0.3) is 0 Å². The maximum Gasteiger partial charge on any atom is 0.123 e. The monoisotopic (exact) mass is 263 g/mol. The smallest absolute Gasteiger partial charge is 0.123 e. The molecule has 0 aliphatic heterocycles. The Bertz CT molecular complexity index is 508. The summed E-state index contributed by atoms with van der Waals surface area (Å²) in [6.45, 7) is 7.44. The maximum absolute atomic E-state index is 12.8. The van der Waals surface area contributed by atoms with E-state index >= 15 is 0 Å². The summed E-state index contributed by atoms with van der Waals surface area (Å²) in [6.07, 6.45) is 0. The third-order valence-electron chi connectivity index (χ3n) is 2.71. The van der Waals surface area contributed by atoms with Gasteiger partial charge in [0.25, 0.3) is 0 Å². The predicted octanol–water partition coefficient (Wildman–Crippen LogP) is 4.80. The zero-order valence-corrected chi connectivity index (χ0v) is 11.8. The third kappa shape index (κ3) is 3.33. The quantitative estimate of drug-likeness (QED) is 0.839. The molecule has 3 heteroatoms. The Hall–Kier alpha value is -1.35. The van der Waals surface area contributed by atoms with Gasteiger partial charge in [-0.05, 0) is 41.8 Å². The third-order valence-corrected chi connectivity index (χ3v) is 4.22. The van der Waals surface area contributed by atoms with Crippen LogP contribution in [-0.2, 0) is 12.0 Å².